The molecule has 0 saturated heterocycles. The van der Waals surface area contributed by atoms with Crippen LogP contribution in [0.15, 0.2) is 55.1 Å². The van der Waals surface area contributed by atoms with E-state index in [2.05, 4.69) is 120 Å². The summed E-state index contributed by atoms with van der Waals surface area (Å²) >= 11 is 0. The first kappa shape index (κ1) is 24.2. The van der Waals surface area contributed by atoms with Gasteiger partial charge in [-0.3, -0.25) is 0 Å². The number of benzene rings is 2. The molecule has 0 unspecified atom stereocenters. The van der Waals surface area contributed by atoms with Crippen LogP contribution in [0, 0.1) is 12.4 Å². The van der Waals surface area contributed by atoms with Gasteiger partial charge in [0.25, 0.3) is 6.33 Å². The van der Waals surface area contributed by atoms with Crippen molar-refractivity contribution in [1.29, 1.82) is 0 Å². The summed E-state index contributed by atoms with van der Waals surface area (Å²) in [5, 5.41) is 0. The third-order valence-electron chi connectivity index (χ3n) is 5.84. The standard InChI is InChI=1S/C27H37N2.ClH2/c1-18(2)22-11-9-12-23(19(3)4)26(22)28-15-16-29(17-28)27-24(20(5)6)13-10-14-25(27)21(7)8;/h9-21H,1-8H3;1H2/q2*+1. The SMILES string of the molecule is CC(C)c1cccc(C(C)C)c1-n1cc[n+](-c2c(C(C)C)cccc2C(C)C)c1.[ClH2+]. The number of para-hydroxylation sites is 2. The maximum atomic E-state index is 2.33. The minimum Gasteiger partial charge on any atom is -0.201 e. The van der Waals surface area contributed by atoms with E-state index in [0.29, 0.717) is 23.7 Å². The number of hydrogen-bond donors (Lipinski definition) is 0. The van der Waals surface area contributed by atoms with Crippen LogP contribution in [-0.4, -0.2) is 4.57 Å². The molecule has 0 aliphatic heterocycles. The topological polar surface area (TPSA) is 8.81 Å². The fourth-order valence-corrected chi connectivity index (χ4v) is 4.24. The smallest absolute Gasteiger partial charge is 0.201 e. The van der Waals surface area contributed by atoms with Crippen LogP contribution in [0.25, 0.3) is 11.4 Å². The fraction of sp³-hybridized carbons (Fsp3) is 0.444. The summed E-state index contributed by atoms with van der Waals surface area (Å²) in [5.74, 6) is 1.92. The molecule has 0 saturated carbocycles. The van der Waals surface area contributed by atoms with Crippen molar-refractivity contribution in [1.82, 2.24) is 4.57 Å². The molecule has 0 atom stereocenters. The molecule has 0 fully saturated rings. The van der Waals surface area contributed by atoms with Crippen molar-refractivity contribution in [3.8, 4) is 11.4 Å². The molecule has 3 heteroatoms. The fourth-order valence-electron chi connectivity index (χ4n) is 4.24. The number of aromatic nitrogens is 2. The van der Waals surface area contributed by atoms with E-state index < -0.39 is 0 Å². The van der Waals surface area contributed by atoms with Crippen molar-refractivity contribution in [3.05, 3.63) is 77.4 Å². The normalized spacial score (nSPS) is 11.6. The molecular weight excluding hydrogens is 388 g/mol. The second-order valence-electron chi connectivity index (χ2n) is 9.42. The van der Waals surface area contributed by atoms with Gasteiger partial charge in [0.2, 0.25) is 0 Å². The van der Waals surface area contributed by atoms with E-state index in [0.717, 1.165) is 0 Å². The van der Waals surface area contributed by atoms with Gasteiger partial charge in [0.1, 0.15) is 23.8 Å². The first-order valence-electron chi connectivity index (χ1n) is 11.1. The van der Waals surface area contributed by atoms with E-state index in [1.807, 2.05) is 0 Å². The minimum absolute atomic E-state index is 0. The van der Waals surface area contributed by atoms with Crippen LogP contribution in [0.4, 0.5) is 0 Å². The van der Waals surface area contributed by atoms with E-state index >= 15 is 0 Å². The van der Waals surface area contributed by atoms with Crippen LogP contribution in [-0.2, 0) is 0 Å². The number of imidazole rings is 1. The Labute approximate surface area is 189 Å². The van der Waals surface area contributed by atoms with Crippen LogP contribution < -0.4 is 4.57 Å². The highest BCUT2D eigenvalue weighted by Gasteiger charge is 2.23. The Hall–Kier alpha value is -2.06. The molecule has 3 aromatic rings. The Balaban J connectivity index is 0.00000320. The van der Waals surface area contributed by atoms with E-state index in [1.54, 1.807) is 0 Å². The van der Waals surface area contributed by atoms with Gasteiger partial charge in [0.05, 0.1) is 12.4 Å². The lowest BCUT2D eigenvalue weighted by Gasteiger charge is -2.17. The maximum absolute atomic E-state index is 2.33. The van der Waals surface area contributed by atoms with Crippen LogP contribution in [0.2, 0.25) is 0 Å². The van der Waals surface area contributed by atoms with Crippen LogP contribution in [0.1, 0.15) is 101 Å². The maximum Gasteiger partial charge on any atom is 0.254 e. The van der Waals surface area contributed by atoms with Gasteiger partial charge in [-0.25, -0.2) is 9.13 Å². The minimum atomic E-state index is 0. The average molecular weight is 427 g/mol. The molecule has 0 radical (unpaired) electrons. The van der Waals surface area contributed by atoms with E-state index in [4.69, 9.17) is 0 Å². The molecule has 2 nitrogen and oxygen atoms in total. The lowest BCUT2D eigenvalue weighted by atomic mass is 9.92. The first-order valence-corrected chi connectivity index (χ1v) is 11.1. The summed E-state index contributed by atoms with van der Waals surface area (Å²) in [5.41, 5.74) is 8.29. The lowest BCUT2D eigenvalue weighted by Crippen LogP contribution is -2.31. The second-order valence-corrected chi connectivity index (χ2v) is 9.42. The van der Waals surface area contributed by atoms with Crippen molar-refractivity contribution >= 4 is 0 Å². The third-order valence-corrected chi connectivity index (χ3v) is 5.84. The summed E-state index contributed by atoms with van der Waals surface area (Å²) < 4.78 is 4.65. The van der Waals surface area contributed by atoms with Crippen LogP contribution in [0.3, 0.4) is 0 Å². The van der Waals surface area contributed by atoms with Gasteiger partial charge >= 0.3 is 0 Å². The molecule has 0 bridgehead atoms. The van der Waals surface area contributed by atoms with E-state index in [9.17, 15) is 0 Å². The van der Waals surface area contributed by atoms with Gasteiger partial charge in [0, 0.05) is 22.3 Å². The molecule has 162 valence electrons. The Morgan fingerprint density at radius 2 is 1.03 bits per heavy atom. The zero-order chi connectivity index (χ0) is 21.3. The van der Waals surface area contributed by atoms with Crippen molar-refractivity contribution in [3.63, 3.8) is 0 Å². The highest BCUT2D eigenvalue weighted by molar-refractivity contribution is 5.51. The molecule has 3 rings (SSSR count). The molecule has 0 aliphatic rings. The van der Waals surface area contributed by atoms with Crippen molar-refractivity contribution in [2.45, 2.75) is 79.1 Å². The predicted octanol–water partition coefficient (Wildman–Crippen LogP) is 6.71. The highest BCUT2D eigenvalue weighted by Crippen LogP contribution is 2.32. The molecule has 0 aliphatic carbocycles. The molecule has 1 heterocycles. The summed E-state index contributed by atoms with van der Waals surface area (Å²) in [7, 11) is 0. The molecule has 1 aromatic heterocycles. The van der Waals surface area contributed by atoms with Crippen molar-refractivity contribution < 1.29 is 17.0 Å². The summed E-state index contributed by atoms with van der Waals surface area (Å²) in [6, 6.07) is 13.5. The Morgan fingerprint density at radius 3 is 1.43 bits per heavy atom. The number of rotatable bonds is 6. The Morgan fingerprint density at radius 1 is 0.633 bits per heavy atom. The third kappa shape index (κ3) is 4.64. The number of hydrogen-bond acceptors (Lipinski definition) is 0. The molecule has 30 heavy (non-hydrogen) atoms. The predicted molar refractivity (Wildman–Crippen MR) is 126 cm³/mol. The first-order chi connectivity index (χ1) is 13.7. The number of nitrogens with zero attached hydrogens (tertiary/aromatic N) is 2. The Kier molecular flexibility index (Phi) is 7.93. The van der Waals surface area contributed by atoms with Gasteiger partial charge in [-0.2, -0.15) is 0 Å². The quantitative estimate of drug-likeness (QED) is 0.387. The van der Waals surface area contributed by atoms with E-state index in [1.165, 1.54) is 33.6 Å². The number of halogens is 1. The van der Waals surface area contributed by atoms with Crippen LogP contribution >= 0.6 is 0 Å². The highest BCUT2D eigenvalue weighted by atomic mass is 35.5. The van der Waals surface area contributed by atoms with Gasteiger partial charge in [-0.15, -0.1) is 0 Å². The van der Waals surface area contributed by atoms with Crippen molar-refractivity contribution in [2.24, 2.45) is 0 Å². The van der Waals surface area contributed by atoms with Gasteiger partial charge in [-0.1, -0.05) is 91.8 Å². The molecule has 2 aromatic carbocycles. The van der Waals surface area contributed by atoms with Crippen molar-refractivity contribution in [2.75, 3.05) is 0 Å². The summed E-state index contributed by atoms with van der Waals surface area (Å²) in [6.45, 7) is 18.3. The monoisotopic (exact) mass is 426 g/mol. The van der Waals surface area contributed by atoms with Gasteiger partial charge in [-0.05, 0) is 23.7 Å². The molecule has 0 spiro atoms. The van der Waals surface area contributed by atoms with E-state index in [-0.39, 0.29) is 12.4 Å². The zero-order valence-electron chi connectivity index (χ0n) is 19.8. The second kappa shape index (κ2) is 9.83. The summed E-state index contributed by atoms with van der Waals surface area (Å²) in [4.78, 5) is 0. The lowest BCUT2D eigenvalue weighted by molar-refractivity contribution is -0.596. The molecule has 0 N–H and O–H groups in total. The van der Waals surface area contributed by atoms with Gasteiger partial charge < -0.3 is 0 Å². The van der Waals surface area contributed by atoms with Crippen LogP contribution in [0.5, 0.6) is 0 Å². The molecular formula is C27H39ClN2+2. The largest absolute Gasteiger partial charge is 0.254 e. The summed E-state index contributed by atoms with van der Waals surface area (Å²) in [6.07, 6.45) is 6.70. The van der Waals surface area contributed by atoms with Gasteiger partial charge in [0.15, 0.2) is 0 Å². The molecule has 0 amide bonds. The average Bonchev–Trinajstić information content (AvgIpc) is 3.15. The zero-order valence-corrected chi connectivity index (χ0v) is 20.7. The Bertz CT molecular complexity index is 850.